The number of anilines is 1. The first-order valence-corrected chi connectivity index (χ1v) is 10.1. The summed E-state index contributed by atoms with van der Waals surface area (Å²) in [7, 11) is 0. The summed E-state index contributed by atoms with van der Waals surface area (Å²) in [6.45, 7) is 4.74. The van der Waals surface area contributed by atoms with E-state index in [-0.39, 0.29) is 6.42 Å². The lowest BCUT2D eigenvalue weighted by atomic mass is 10.1. The molecule has 7 heteroatoms. The summed E-state index contributed by atoms with van der Waals surface area (Å²) in [6.07, 6.45) is 0.0757. The highest BCUT2D eigenvalue weighted by Crippen LogP contribution is 2.31. The van der Waals surface area contributed by atoms with E-state index in [4.69, 9.17) is 21.7 Å². The molecule has 0 saturated carbocycles. The van der Waals surface area contributed by atoms with E-state index < -0.39 is 5.97 Å². The van der Waals surface area contributed by atoms with Gasteiger partial charge in [0.2, 0.25) is 0 Å². The Morgan fingerprint density at radius 3 is 2.48 bits per heavy atom. The molecule has 0 bridgehead atoms. The number of piperazine rings is 1. The fourth-order valence-electron chi connectivity index (χ4n) is 3.31. The Bertz CT molecular complexity index is 950. The van der Waals surface area contributed by atoms with Crippen molar-refractivity contribution in [3.05, 3.63) is 58.6 Å². The Kier molecular flexibility index (Phi) is 5.29. The van der Waals surface area contributed by atoms with Gasteiger partial charge in [0.25, 0.3) is 0 Å². The normalized spacial score (nSPS) is 15.4. The van der Waals surface area contributed by atoms with Gasteiger partial charge in [-0.05, 0) is 29.3 Å². The van der Waals surface area contributed by atoms with Crippen molar-refractivity contribution in [2.75, 3.05) is 31.1 Å². The third kappa shape index (κ3) is 4.40. The lowest BCUT2D eigenvalue weighted by Gasteiger charge is -2.34. The Hall–Kier alpha value is -2.15. The van der Waals surface area contributed by atoms with E-state index >= 15 is 0 Å². The van der Waals surface area contributed by atoms with Crippen LogP contribution in [-0.2, 0) is 17.8 Å². The number of benzene rings is 2. The molecular weight excluding hydrogens is 382 g/mol. The summed E-state index contributed by atoms with van der Waals surface area (Å²) in [5.74, 6) is -0.795. The zero-order valence-corrected chi connectivity index (χ0v) is 16.3. The standard InChI is InChI=1S/C20H20ClN3O2S/c21-16-5-6-17-18(12-16)27-20(22-17)24-9-7-23(8-10-24)13-15-3-1-14(2-4-15)11-19(25)26/h1-6,12H,7-11,13H2,(H,25,26). The molecule has 4 rings (SSSR count). The number of aromatic nitrogens is 1. The van der Waals surface area contributed by atoms with E-state index in [9.17, 15) is 4.79 Å². The topological polar surface area (TPSA) is 56.7 Å². The van der Waals surface area contributed by atoms with Crippen molar-refractivity contribution in [2.45, 2.75) is 13.0 Å². The number of carboxylic acids is 1. The molecule has 140 valence electrons. The van der Waals surface area contributed by atoms with Crippen LogP contribution in [-0.4, -0.2) is 47.1 Å². The Balaban J connectivity index is 1.34. The van der Waals surface area contributed by atoms with Gasteiger partial charge in [0.15, 0.2) is 5.13 Å². The highest BCUT2D eigenvalue weighted by atomic mass is 35.5. The predicted octanol–water partition coefficient (Wildman–Crippen LogP) is 3.90. The van der Waals surface area contributed by atoms with Crippen molar-refractivity contribution >= 4 is 44.3 Å². The van der Waals surface area contributed by atoms with E-state index in [0.29, 0.717) is 0 Å². The lowest BCUT2D eigenvalue weighted by Crippen LogP contribution is -2.45. The molecule has 3 aromatic rings. The van der Waals surface area contributed by atoms with E-state index in [1.807, 2.05) is 42.5 Å². The molecule has 27 heavy (non-hydrogen) atoms. The van der Waals surface area contributed by atoms with E-state index in [1.54, 1.807) is 11.3 Å². The second kappa shape index (κ2) is 7.84. The van der Waals surface area contributed by atoms with Crippen molar-refractivity contribution in [1.29, 1.82) is 0 Å². The van der Waals surface area contributed by atoms with Gasteiger partial charge in [-0.1, -0.05) is 47.2 Å². The van der Waals surface area contributed by atoms with Crippen molar-refractivity contribution in [1.82, 2.24) is 9.88 Å². The van der Waals surface area contributed by atoms with Crippen LogP contribution in [0.1, 0.15) is 11.1 Å². The van der Waals surface area contributed by atoms with Gasteiger partial charge in [0.1, 0.15) is 0 Å². The summed E-state index contributed by atoms with van der Waals surface area (Å²) in [5, 5.41) is 10.7. The number of carbonyl (C=O) groups is 1. The highest BCUT2D eigenvalue weighted by Gasteiger charge is 2.20. The van der Waals surface area contributed by atoms with Crippen LogP contribution in [0.15, 0.2) is 42.5 Å². The number of aliphatic carboxylic acids is 1. The average Bonchev–Trinajstić information content (AvgIpc) is 3.06. The van der Waals surface area contributed by atoms with Gasteiger partial charge >= 0.3 is 5.97 Å². The minimum absolute atomic E-state index is 0.0757. The predicted molar refractivity (Wildman–Crippen MR) is 110 cm³/mol. The van der Waals surface area contributed by atoms with Crippen molar-refractivity contribution in [2.24, 2.45) is 0 Å². The highest BCUT2D eigenvalue weighted by molar-refractivity contribution is 7.22. The maximum atomic E-state index is 10.8. The molecule has 2 aromatic carbocycles. The largest absolute Gasteiger partial charge is 0.481 e. The van der Waals surface area contributed by atoms with Crippen LogP contribution in [0, 0.1) is 0 Å². The zero-order chi connectivity index (χ0) is 18.8. The van der Waals surface area contributed by atoms with Crippen LogP contribution in [0.4, 0.5) is 5.13 Å². The molecule has 1 fully saturated rings. The first-order valence-electron chi connectivity index (χ1n) is 8.90. The summed E-state index contributed by atoms with van der Waals surface area (Å²) < 4.78 is 1.13. The summed E-state index contributed by atoms with van der Waals surface area (Å²) in [6, 6.07) is 13.7. The van der Waals surface area contributed by atoms with Crippen LogP contribution < -0.4 is 4.90 Å². The fourth-order valence-corrected chi connectivity index (χ4v) is 4.61. The van der Waals surface area contributed by atoms with Gasteiger partial charge < -0.3 is 10.0 Å². The first kappa shape index (κ1) is 18.2. The number of fused-ring (bicyclic) bond motifs is 1. The van der Waals surface area contributed by atoms with Gasteiger partial charge in [-0.2, -0.15) is 0 Å². The van der Waals surface area contributed by atoms with Gasteiger partial charge in [-0.15, -0.1) is 0 Å². The van der Waals surface area contributed by atoms with Crippen LogP contribution in [0.5, 0.6) is 0 Å². The number of hydrogen-bond acceptors (Lipinski definition) is 5. The number of nitrogens with zero attached hydrogens (tertiary/aromatic N) is 3. The smallest absolute Gasteiger partial charge is 0.307 e. The molecular formula is C20H20ClN3O2S. The minimum Gasteiger partial charge on any atom is -0.481 e. The number of carboxylic acid groups (broad SMARTS) is 1. The van der Waals surface area contributed by atoms with Crippen LogP contribution in [0.25, 0.3) is 10.2 Å². The second-order valence-corrected chi connectivity index (χ2v) is 8.20. The fraction of sp³-hybridized carbons (Fsp3) is 0.300. The van der Waals surface area contributed by atoms with Crippen molar-refractivity contribution < 1.29 is 9.90 Å². The van der Waals surface area contributed by atoms with Gasteiger partial charge in [0, 0.05) is 37.7 Å². The van der Waals surface area contributed by atoms with E-state index in [0.717, 1.165) is 58.7 Å². The first-order chi connectivity index (χ1) is 13.1. The Morgan fingerprint density at radius 2 is 1.78 bits per heavy atom. The summed E-state index contributed by atoms with van der Waals surface area (Å²) in [5.41, 5.74) is 3.06. The number of rotatable bonds is 5. The quantitative estimate of drug-likeness (QED) is 0.702. The van der Waals surface area contributed by atoms with Gasteiger partial charge in [-0.3, -0.25) is 9.69 Å². The molecule has 0 aliphatic carbocycles. The number of hydrogen-bond donors (Lipinski definition) is 1. The third-order valence-corrected chi connectivity index (χ3v) is 6.08. The molecule has 1 aliphatic heterocycles. The molecule has 2 heterocycles. The van der Waals surface area contributed by atoms with Crippen LogP contribution >= 0.6 is 22.9 Å². The van der Waals surface area contributed by atoms with Crippen LogP contribution in [0.2, 0.25) is 5.02 Å². The van der Waals surface area contributed by atoms with Crippen molar-refractivity contribution in [3.63, 3.8) is 0 Å². The monoisotopic (exact) mass is 401 g/mol. The van der Waals surface area contributed by atoms with E-state index in [1.165, 1.54) is 5.56 Å². The van der Waals surface area contributed by atoms with E-state index in [2.05, 4.69) is 9.80 Å². The maximum absolute atomic E-state index is 10.8. The van der Waals surface area contributed by atoms with Crippen molar-refractivity contribution in [3.8, 4) is 0 Å². The minimum atomic E-state index is -0.795. The molecule has 0 amide bonds. The molecule has 1 aromatic heterocycles. The third-order valence-electron chi connectivity index (χ3n) is 4.77. The lowest BCUT2D eigenvalue weighted by molar-refractivity contribution is -0.136. The summed E-state index contributed by atoms with van der Waals surface area (Å²) >= 11 is 7.77. The Labute approximate surface area is 166 Å². The van der Waals surface area contributed by atoms with Gasteiger partial charge in [0.05, 0.1) is 16.6 Å². The average molecular weight is 402 g/mol. The molecule has 1 N–H and O–H groups in total. The Morgan fingerprint density at radius 1 is 1.07 bits per heavy atom. The maximum Gasteiger partial charge on any atom is 0.307 e. The van der Waals surface area contributed by atoms with Gasteiger partial charge in [-0.25, -0.2) is 4.98 Å². The molecule has 0 atom stereocenters. The number of thiazole rings is 1. The summed E-state index contributed by atoms with van der Waals surface area (Å²) in [4.78, 5) is 20.3. The second-order valence-electron chi connectivity index (χ2n) is 6.76. The molecule has 5 nitrogen and oxygen atoms in total. The molecule has 1 saturated heterocycles. The molecule has 0 radical (unpaired) electrons. The number of halogens is 1. The molecule has 0 unspecified atom stereocenters. The SMILES string of the molecule is O=C(O)Cc1ccc(CN2CCN(c3nc4ccc(Cl)cc4s3)CC2)cc1. The van der Waals surface area contributed by atoms with Crippen LogP contribution in [0.3, 0.4) is 0 Å². The zero-order valence-electron chi connectivity index (χ0n) is 14.8. The molecule has 0 spiro atoms. The molecule has 1 aliphatic rings.